The third-order valence-electron chi connectivity index (χ3n) is 3.54. The number of anilines is 1. The predicted octanol–water partition coefficient (Wildman–Crippen LogP) is 3.51. The molecule has 1 heterocycles. The van der Waals surface area contributed by atoms with Gasteiger partial charge in [-0.2, -0.15) is 0 Å². The summed E-state index contributed by atoms with van der Waals surface area (Å²) in [6.45, 7) is 6.34. The molecule has 102 valence electrons. The van der Waals surface area contributed by atoms with E-state index in [1.807, 2.05) is 30.1 Å². The zero-order valence-corrected chi connectivity index (χ0v) is 12.4. The van der Waals surface area contributed by atoms with Crippen molar-refractivity contribution in [3.8, 4) is 0 Å². The third-order valence-corrected chi connectivity index (χ3v) is 3.77. The Bertz CT molecular complexity index is 549. The number of hydrogen-bond acceptors (Lipinski definition) is 3. The fraction of sp³-hybridized carbons (Fsp3) is 0.400. The molecule has 19 heavy (non-hydrogen) atoms. The Morgan fingerprint density at radius 1 is 1.47 bits per heavy atom. The lowest BCUT2D eigenvalue weighted by atomic mass is 9.84. The summed E-state index contributed by atoms with van der Waals surface area (Å²) in [5.41, 5.74) is 2.85. The number of carbonyl (C=O) groups excluding carboxylic acids is 1. The molecule has 0 spiro atoms. The summed E-state index contributed by atoms with van der Waals surface area (Å²) < 4.78 is 5.00. The van der Waals surface area contributed by atoms with E-state index < -0.39 is 0 Å². The first kappa shape index (κ1) is 13.9. The van der Waals surface area contributed by atoms with Crippen LogP contribution in [0, 0.1) is 0 Å². The van der Waals surface area contributed by atoms with Crippen molar-refractivity contribution in [3.63, 3.8) is 0 Å². The van der Waals surface area contributed by atoms with Crippen molar-refractivity contribution in [1.29, 1.82) is 0 Å². The van der Waals surface area contributed by atoms with Crippen LogP contribution in [0.1, 0.15) is 26.3 Å². The second-order valence-corrected chi connectivity index (χ2v) is 5.56. The van der Waals surface area contributed by atoms with Crippen LogP contribution in [0.5, 0.6) is 0 Å². The normalized spacial score (nSPS) is 18.6. The highest BCUT2D eigenvalue weighted by molar-refractivity contribution is 6.30. The molecule has 0 atom stereocenters. The number of allylic oxidation sites excluding steroid dienone is 1. The lowest BCUT2D eigenvalue weighted by molar-refractivity contribution is -0.137. The molecular weight excluding hydrogens is 262 g/mol. The van der Waals surface area contributed by atoms with Crippen molar-refractivity contribution in [2.24, 2.45) is 0 Å². The van der Waals surface area contributed by atoms with Gasteiger partial charge < -0.3 is 9.64 Å². The molecule has 0 aromatic heterocycles. The SMILES string of the molecule is CCOC(=O)C=C1N(C)c2ccc(Cl)cc2C1(C)C. The molecule has 0 saturated carbocycles. The average Bonchev–Trinajstić information content (AvgIpc) is 2.51. The van der Waals surface area contributed by atoms with E-state index in [0.717, 1.165) is 16.9 Å². The largest absolute Gasteiger partial charge is 0.463 e. The minimum atomic E-state index is -0.309. The van der Waals surface area contributed by atoms with E-state index in [2.05, 4.69) is 13.8 Å². The Balaban J connectivity index is 2.48. The molecule has 0 aliphatic carbocycles. The first-order chi connectivity index (χ1) is 8.87. The predicted molar refractivity (Wildman–Crippen MR) is 77.6 cm³/mol. The second-order valence-electron chi connectivity index (χ2n) is 5.13. The van der Waals surface area contributed by atoms with Gasteiger partial charge in [0, 0.05) is 34.9 Å². The molecule has 0 fully saturated rings. The first-order valence-electron chi connectivity index (χ1n) is 6.30. The smallest absolute Gasteiger partial charge is 0.332 e. The van der Waals surface area contributed by atoms with Gasteiger partial charge in [0.05, 0.1) is 6.61 Å². The van der Waals surface area contributed by atoms with Crippen molar-refractivity contribution in [3.05, 3.63) is 40.6 Å². The minimum absolute atomic E-state index is 0.262. The zero-order chi connectivity index (χ0) is 14.2. The summed E-state index contributed by atoms with van der Waals surface area (Å²) in [6.07, 6.45) is 1.57. The summed E-state index contributed by atoms with van der Waals surface area (Å²) in [7, 11) is 1.95. The number of rotatable bonds is 2. The molecule has 1 aliphatic rings. The van der Waals surface area contributed by atoms with Crippen molar-refractivity contribution < 1.29 is 9.53 Å². The molecular formula is C15H18ClNO2. The fourth-order valence-corrected chi connectivity index (χ4v) is 2.73. The van der Waals surface area contributed by atoms with Gasteiger partial charge in [-0.15, -0.1) is 0 Å². The average molecular weight is 280 g/mol. The number of esters is 1. The van der Waals surface area contributed by atoms with Crippen molar-refractivity contribution in [2.75, 3.05) is 18.6 Å². The fourth-order valence-electron chi connectivity index (χ4n) is 2.56. The minimum Gasteiger partial charge on any atom is -0.463 e. The Morgan fingerprint density at radius 2 is 2.16 bits per heavy atom. The summed E-state index contributed by atoms with van der Waals surface area (Å²) in [5, 5.41) is 0.706. The van der Waals surface area contributed by atoms with E-state index in [1.165, 1.54) is 0 Å². The van der Waals surface area contributed by atoms with Crippen molar-refractivity contribution in [2.45, 2.75) is 26.2 Å². The van der Waals surface area contributed by atoms with Crippen molar-refractivity contribution >= 4 is 23.3 Å². The summed E-state index contributed by atoms with van der Waals surface area (Å²) in [5.74, 6) is -0.309. The van der Waals surface area contributed by atoms with E-state index in [4.69, 9.17) is 16.3 Å². The molecule has 1 aliphatic heterocycles. The second kappa shape index (κ2) is 4.89. The highest BCUT2D eigenvalue weighted by Crippen LogP contribution is 2.47. The number of ether oxygens (including phenoxy) is 1. The Morgan fingerprint density at radius 3 is 2.79 bits per heavy atom. The summed E-state index contributed by atoms with van der Waals surface area (Å²) >= 11 is 6.07. The number of hydrogen-bond donors (Lipinski definition) is 0. The Labute approximate surface area is 118 Å². The van der Waals surface area contributed by atoms with Crippen LogP contribution in [-0.2, 0) is 14.9 Å². The highest BCUT2D eigenvalue weighted by atomic mass is 35.5. The maximum atomic E-state index is 11.7. The Hall–Kier alpha value is -1.48. The molecule has 0 bridgehead atoms. The molecule has 4 heteroatoms. The maximum absolute atomic E-state index is 11.7. The molecule has 0 saturated heterocycles. The van der Waals surface area contributed by atoms with E-state index in [-0.39, 0.29) is 11.4 Å². The van der Waals surface area contributed by atoms with Gasteiger partial charge in [0.1, 0.15) is 0 Å². The molecule has 1 aromatic carbocycles. The van der Waals surface area contributed by atoms with Crippen LogP contribution in [-0.4, -0.2) is 19.6 Å². The number of halogens is 1. The number of benzene rings is 1. The molecule has 0 unspecified atom stereocenters. The van der Waals surface area contributed by atoms with Gasteiger partial charge in [0.2, 0.25) is 0 Å². The standard InChI is InChI=1S/C15H18ClNO2/c1-5-19-14(18)9-13-15(2,3)11-8-10(16)6-7-12(11)17(13)4/h6-9H,5H2,1-4H3. The number of fused-ring (bicyclic) bond motifs is 1. The first-order valence-corrected chi connectivity index (χ1v) is 6.68. The van der Waals surface area contributed by atoms with Crippen LogP contribution in [0.3, 0.4) is 0 Å². The quantitative estimate of drug-likeness (QED) is 0.613. The molecule has 0 amide bonds. The van der Waals surface area contributed by atoms with Gasteiger partial charge in [-0.25, -0.2) is 4.79 Å². The Kier molecular flexibility index (Phi) is 3.59. The van der Waals surface area contributed by atoms with Crippen LogP contribution in [0.2, 0.25) is 5.02 Å². The topological polar surface area (TPSA) is 29.5 Å². The lowest BCUT2D eigenvalue weighted by Crippen LogP contribution is -2.24. The molecule has 0 N–H and O–H groups in total. The molecule has 0 radical (unpaired) electrons. The van der Waals surface area contributed by atoms with Gasteiger partial charge in [-0.05, 0) is 30.7 Å². The van der Waals surface area contributed by atoms with Crippen LogP contribution >= 0.6 is 11.6 Å². The lowest BCUT2D eigenvalue weighted by Gasteiger charge is -2.23. The number of nitrogens with zero attached hydrogens (tertiary/aromatic N) is 1. The highest BCUT2D eigenvalue weighted by Gasteiger charge is 2.39. The van der Waals surface area contributed by atoms with Gasteiger partial charge in [0.15, 0.2) is 0 Å². The van der Waals surface area contributed by atoms with E-state index in [1.54, 1.807) is 13.0 Å². The van der Waals surface area contributed by atoms with Crippen LogP contribution in [0.15, 0.2) is 30.0 Å². The van der Waals surface area contributed by atoms with Gasteiger partial charge in [-0.3, -0.25) is 0 Å². The van der Waals surface area contributed by atoms with Gasteiger partial charge in [0.25, 0.3) is 0 Å². The van der Waals surface area contributed by atoms with Crippen molar-refractivity contribution in [1.82, 2.24) is 0 Å². The van der Waals surface area contributed by atoms with Crippen LogP contribution in [0.25, 0.3) is 0 Å². The third kappa shape index (κ3) is 2.35. The number of likely N-dealkylation sites (N-methyl/N-ethyl adjacent to an activating group) is 1. The molecule has 3 nitrogen and oxygen atoms in total. The van der Waals surface area contributed by atoms with Gasteiger partial charge >= 0.3 is 5.97 Å². The maximum Gasteiger partial charge on any atom is 0.332 e. The molecule has 1 aromatic rings. The monoisotopic (exact) mass is 279 g/mol. The summed E-state index contributed by atoms with van der Waals surface area (Å²) in [6, 6.07) is 5.80. The van der Waals surface area contributed by atoms with E-state index in [0.29, 0.717) is 11.6 Å². The van der Waals surface area contributed by atoms with Crippen LogP contribution in [0.4, 0.5) is 5.69 Å². The van der Waals surface area contributed by atoms with E-state index >= 15 is 0 Å². The number of carbonyl (C=O) groups is 1. The molecule has 2 rings (SSSR count). The van der Waals surface area contributed by atoms with Crippen LogP contribution < -0.4 is 4.90 Å². The van der Waals surface area contributed by atoms with Gasteiger partial charge in [-0.1, -0.05) is 25.4 Å². The summed E-state index contributed by atoms with van der Waals surface area (Å²) in [4.78, 5) is 13.7. The van der Waals surface area contributed by atoms with E-state index in [9.17, 15) is 4.79 Å². The zero-order valence-electron chi connectivity index (χ0n) is 11.7.